The van der Waals surface area contributed by atoms with Crippen molar-refractivity contribution in [2.75, 3.05) is 0 Å². The average Bonchev–Trinajstić information content (AvgIpc) is 2.55. The van der Waals surface area contributed by atoms with Crippen molar-refractivity contribution in [3.05, 3.63) is 54.2 Å². The van der Waals surface area contributed by atoms with Crippen molar-refractivity contribution in [2.24, 2.45) is 5.41 Å². The Morgan fingerprint density at radius 3 is 2.52 bits per heavy atom. The summed E-state index contributed by atoms with van der Waals surface area (Å²) in [5.41, 5.74) is 0.279. The largest absolute Gasteiger partial charge is 0.481 e. The van der Waals surface area contributed by atoms with Crippen molar-refractivity contribution in [1.29, 1.82) is 0 Å². The predicted octanol–water partition coefficient (Wildman–Crippen LogP) is 3.13. The van der Waals surface area contributed by atoms with Gasteiger partial charge in [-0.25, -0.2) is 0 Å². The lowest BCUT2D eigenvalue weighted by Gasteiger charge is -2.67. The van der Waals surface area contributed by atoms with Crippen LogP contribution in [0.3, 0.4) is 0 Å². The van der Waals surface area contributed by atoms with Gasteiger partial charge < -0.3 is 10.4 Å². The van der Waals surface area contributed by atoms with Crippen LogP contribution in [0.4, 0.5) is 0 Å². The number of carbonyl (C=O) groups is 2. The average molecular weight is 332 g/mol. The molecule has 5 heteroatoms. The topological polar surface area (TPSA) is 79.3 Å². The number of rotatable bonds is 3. The van der Waals surface area contributed by atoms with Gasteiger partial charge in [0.25, 0.3) is 5.91 Å². The number of fused-ring (bicyclic) bond motifs is 3. The van der Waals surface area contributed by atoms with E-state index in [-0.39, 0.29) is 11.4 Å². The van der Waals surface area contributed by atoms with Crippen LogP contribution in [-0.4, -0.2) is 27.5 Å². The molecule has 3 aromatic rings. The number of carboxylic acids is 1. The number of nitrogens with zero attached hydrogens (tertiary/aromatic N) is 1. The maximum Gasteiger partial charge on any atom is 0.309 e. The normalized spacial score (nSPS) is 26.7. The van der Waals surface area contributed by atoms with Gasteiger partial charge in [0.15, 0.2) is 0 Å². The van der Waals surface area contributed by atoms with Crippen molar-refractivity contribution < 1.29 is 14.7 Å². The Balaban J connectivity index is 1.54. The third-order valence-electron chi connectivity index (χ3n) is 5.72. The zero-order valence-electron chi connectivity index (χ0n) is 13.5. The lowest BCUT2D eigenvalue weighted by Crippen LogP contribution is -2.77. The molecule has 6 rings (SSSR count). The van der Waals surface area contributed by atoms with Crippen LogP contribution in [0.5, 0.6) is 0 Å². The van der Waals surface area contributed by atoms with E-state index in [2.05, 4.69) is 10.3 Å². The number of hydrogen-bond acceptors (Lipinski definition) is 3. The zero-order chi connectivity index (χ0) is 17.2. The fourth-order valence-corrected chi connectivity index (χ4v) is 4.56. The molecule has 0 atom stereocenters. The molecular weight excluding hydrogens is 316 g/mol. The Hall–Kier alpha value is -2.95. The summed E-state index contributed by atoms with van der Waals surface area (Å²) in [5, 5.41) is 15.3. The van der Waals surface area contributed by atoms with E-state index in [1.165, 1.54) is 0 Å². The van der Waals surface area contributed by atoms with E-state index in [0.29, 0.717) is 30.3 Å². The second kappa shape index (κ2) is 4.57. The van der Waals surface area contributed by atoms with E-state index in [9.17, 15) is 14.7 Å². The molecule has 3 saturated carbocycles. The number of amides is 1. The lowest BCUT2D eigenvalue weighted by atomic mass is 9.39. The smallest absolute Gasteiger partial charge is 0.309 e. The van der Waals surface area contributed by atoms with Crippen molar-refractivity contribution >= 4 is 33.6 Å². The third kappa shape index (κ3) is 1.86. The van der Waals surface area contributed by atoms with Gasteiger partial charge in [-0.1, -0.05) is 30.3 Å². The van der Waals surface area contributed by atoms with E-state index >= 15 is 0 Å². The lowest BCUT2D eigenvalue weighted by molar-refractivity contribution is -0.196. The van der Waals surface area contributed by atoms with Gasteiger partial charge in [0, 0.05) is 17.1 Å². The Kier molecular flexibility index (Phi) is 2.63. The number of carboxylic acid groups (broad SMARTS) is 1. The molecule has 3 aliphatic rings. The monoisotopic (exact) mass is 332 g/mol. The molecule has 1 heterocycles. The van der Waals surface area contributed by atoms with Gasteiger partial charge in [0.2, 0.25) is 0 Å². The molecule has 0 radical (unpaired) electrons. The number of pyridine rings is 1. The highest BCUT2D eigenvalue weighted by Crippen LogP contribution is 2.67. The van der Waals surface area contributed by atoms with Crippen LogP contribution in [0.2, 0.25) is 0 Å². The molecule has 1 amide bonds. The van der Waals surface area contributed by atoms with E-state index in [0.717, 1.165) is 16.2 Å². The number of benzene rings is 2. The van der Waals surface area contributed by atoms with E-state index < -0.39 is 11.4 Å². The first kappa shape index (κ1) is 14.4. The van der Waals surface area contributed by atoms with Gasteiger partial charge in [-0.05, 0) is 42.2 Å². The van der Waals surface area contributed by atoms with Crippen LogP contribution in [0.15, 0.2) is 48.7 Å². The molecule has 5 nitrogen and oxygen atoms in total. The highest BCUT2D eigenvalue weighted by Gasteiger charge is 2.72. The predicted molar refractivity (Wildman–Crippen MR) is 93.4 cm³/mol. The summed E-state index contributed by atoms with van der Waals surface area (Å²) in [5.74, 6) is -0.922. The van der Waals surface area contributed by atoms with Crippen LogP contribution in [0, 0.1) is 5.41 Å². The molecule has 2 aromatic carbocycles. The van der Waals surface area contributed by atoms with Crippen LogP contribution >= 0.6 is 0 Å². The Morgan fingerprint density at radius 2 is 1.76 bits per heavy atom. The zero-order valence-corrected chi connectivity index (χ0v) is 13.5. The molecule has 3 aliphatic carbocycles. The molecule has 0 unspecified atom stereocenters. The van der Waals surface area contributed by atoms with E-state index in [1.54, 1.807) is 6.20 Å². The summed E-state index contributed by atoms with van der Waals surface area (Å²) in [6, 6.07) is 13.7. The van der Waals surface area contributed by atoms with Crippen molar-refractivity contribution in [3.8, 4) is 0 Å². The molecule has 2 bridgehead atoms. The highest BCUT2D eigenvalue weighted by atomic mass is 16.4. The summed E-state index contributed by atoms with van der Waals surface area (Å²) >= 11 is 0. The minimum Gasteiger partial charge on any atom is -0.481 e. The summed E-state index contributed by atoms with van der Waals surface area (Å²) in [4.78, 5) is 28.6. The number of carbonyl (C=O) groups excluding carboxylic acids is 1. The van der Waals surface area contributed by atoms with Gasteiger partial charge in [-0.3, -0.25) is 14.6 Å². The standard InChI is InChI=1S/C20H16N2O3/c23-17(22-20-9-19(10-20,11-20)18(24)25)15-8-12-4-1-2-5-13(12)14-6-3-7-21-16(14)15/h1-8H,9-11H2,(H,22,23)(H,24,25). The Morgan fingerprint density at radius 1 is 1.04 bits per heavy atom. The van der Waals surface area contributed by atoms with Gasteiger partial charge in [-0.2, -0.15) is 0 Å². The Bertz CT molecular complexity index is 1050. The first-order chi connectivity index (χ1) is 12.0. The molecule has 2 N–H and O–H groups in total. The molecule has 0 aliphatic heterocycles. The first-order valence-corrected chi connectivity index (χ1v) is 8.35. The molecule has 0 spiro atoms. The van der Waals surface area contributed by atoms with Gasteiger partial charge in [0.05, 0.1) is 16.5 Å². The van der Waals surface area contributed by atoms with Gasteiger partial charge in [0.1, 0.15) is 0 Å². The minimum atomic E-state index is -0.749. The van der Waals surface area contributed by atoms with Crippen LogP contribution in [-0.2, 0) is 4.79 Å². The summed E-state index contributed by atoms with van der Waals surface area (Å²) in [6.45, 7) is 0. The summed E-state index contributed by atoms with van der Waals surface area (Å²) in [7, 11) is 0. The number of hydrogen-bond donors (Lipinski definition) is 2. The molecule has 3 fully saturated rings. The molecule has 1 aromatic heterocycles. The first-order valence-electron chi connectivity index (χ1n) is 8.35. The van der Waals surface area contributed by atoms with Crippen molar-refractivity contribution in [3.63, 3.8) is 0 Å². The molecular formula is C20H16N2O3. The van der Waals surface area contributed by atoms with Crippen molar-refractivity contribution in [1.82, 2.24) is 10.3 Å². The number of nitrogens with one attached hydrogen (secondary N) is 1. The fourth-order valence-electron chi connectivity index (χ4n) is 4.56. The van der Waals surface area contributed by atoms with E-state index in [4.69, 9.17) is 0 Å². The number of aromatic nitrogens is 1. The van der Waals surface area contributed by atoms with E-state index in [1.807, 2.05) is 42.5 Å². The summed E-state index contributed by atoms with van der Waals surface area (Å²) in [6.07, 6.45) is 3.27. The van der Waals surface area contributed by atoms with Crippen molar-refractivity contribution in [2.45, 2.75) is 24.8 Å². The quantitative estimate of drug-likeness (QED) is 0.722. The Labute approximate surface area is 143 Å². The number of aliphatic carboxylic acids is 1. The minimum absolute atomic E-state index is 0.173. The van der Waals surface area contributed by atoms with Crippen LogP contribution < -0.4 is 5.32 Å². The molecule has 25 heavy (non-hydrogen) atoms. The second-order valence-corrected chi connectivity index (χ2v) is 7.40. The van der Waals surface area contributed by atoms with Crippen LogP contribution in [0.1, 0.15) is 29.6 Å². The highest BCUT2D eigenvalue weighted by molar-refractivity contribution is 6.16. The van der Waals surface area contributed by atoms with Gasteiger partial charge in [-0.15, -0.1) is 0 Å². The van der Waals surface area contributed by atoms with Gasteiger partial charge >= 0.3 is 5.97 Å². The fraction of sp³-hybridized carbons (Fsp3) is 0.250. The SMILES string of the molecule is O=C(NC12CC(C(=O)O)(C1)C2)c1cc2ccccc2c2cccnc12. The molecule has 0 saturated heterocycles. The summed E-state index contributed by atoms with van der Waals surface area (Å²) < 4.78 is 0. The second-order valence-electron chi connectivity index (χ2n) is 7.40. The third-order valence-corrected chi connectivity index (χ3v) is 5.72. The maximum absolute atomic E-state index is 12.9. The molecule has 124 valence electrons. The van der Waals surface area contributed by atoms with Crippen LogP contribution in [0.25, 0.3) is 21.7 Å². The maximum atomic E-state index is 12.9.